The minimum atomic E-state index is -2.67. The Labute approximate surface area is 73.2 Å². The number of aliphatic hydroxyl groups excluding tert-OH is 1. The van der Waals surface area contributed by atoms with Gasteiger partial charge in [0.2, 0.25) is 0 Å². The van der Waals surface area contributed by atoms with E-state index in [9.17, 15) is 8.78 Å². The molecule has 0 saturated heterocycles. The van der Waals surface area contributed by atoms with Gasteiger partial charge < -0.3 is 5.11 Å². The zero-order chi connectivity index (χ0) is 9.53. The van der Waals surface area contributed by atoms with Gasteiger partial charge in [0.25, 0.3) is 5.92 Å². The predicted molar refractivity (Wildman–Crippen MR) is 39.3 cm³/mol. The molecule has 72 valence electrons. The standard InChI is InChI=1S/C7H9F2N3O/c8-7(9)3-6(4-7,5-13)12-2-1-10-11-12/h1-2,13H,3-5H2. The Morgan fingerprint density at radius 1 is 1.46 bits per heavy atom. The Bertz CT molecular complexity index is 291. The molecule has 0 radical (unpaired) electrons. The van der Waals surface area contributed by atoms with Crippen molar-refractivity contribution < 1.29 is 13.9 Å². The summed E-state index contributed by atoms with van der Waals surface area (Å²) in [6, 6.07) is 0. The molecular formula is C7H9F2N3O. The normalized spacial score (nSPS) is 23.9. The molecule has 0 spiro atoms. The summed E-state index contributed by atoms with van der Waals surface area (Å²) in [5.41, 5.74) is -0.931. The second kappa shape index (κ2) is 2.47. The van der Waals surface area contributed by atoms with E-state index in [0.717, 1.165) is 0 Å². The van der Waals surface area contributed by atoms with Crippen LogP contribution in [-0.2, 0) is 5.54 Å². The molecule has 0 amide bonds. The Kier molecular flexibility index (Phi) is 1.63. The summed E-state index contributed by atoms with van der Waals surface area (Å²) < 4.78 is 26.6. The van der Waals surface area contributed by atoms with Gasteiger partial charge in [-0.25, -0.2) is 13.5 Å². The fraction of sp³-hybridized carbons (Fsp3) is 0.714. The van der Waals surface area contributed by atoms with Gasteiger partial charge in [-0.05, 0) is 0 Å². The van der Waals surface area contributed by atoms with Gasteiger partial charge in [-0.3, -0.25) is 0 Å². The SMILES string of the molecule is OCC1(n2ccnn2)CC(F)(F)C1. The van der Waals surface area contributed by atoms with Crippen molar-refractivity contribution in [2.75, 3.05) is 6.61 Å². The van der Waals surface area contributed by atoms with E-state index in [1.54, 1.807) is 0 Å². The average Bonchev–Trinajstić information content (AvgIpc) is 2.51. The van der Waals surface area contributed by atoms with Crippen molar-refractivity contribution in [1.82, 2.24) is 15.0 Å². The molecule has 0 unspecified atom stereocenters. The van der Waals surface area contributed by atoms with Crippen molar-refractivity contribution >= 4 is 0 Å². The van der Waals surface area contributed by atoms with Crippen molar-refractivity contribution in [3.63, 3.8) is 0 Å². The van der Waals surface area contributed by atoms with E-state index in [4.69, 9.17) is 5.11 Å². The third kappa shape index (κ3) is 1.21. The predicted octanol–water partition coefficient (Wildman–Crippen LogP) is 0.395. The van der Waals surface area contributed by atoms with Gasteiger partial charge in [-0.1, -0.05) is 5.21 Å². The molecule has 1 aromatic heterocycles. The van der Waals surface area contributed by atoms with Crippen LogP contribution in [0.1, 0.15) is 12.8 Å². The lowest BCUT2D eigenvalue weighted by Crippen LogP contribution is -2.55. The number of rotatable bonds is 2. The van der Waals surface area contributed by atoms with Crippen molar-refractivity contribution in [3.05, 3.63) is 12.4 Å². The first-order chi connectivity index (χ1) is 6.08. The fourth-order valence-corrected chi connectivity index (χ4v) is 1.72. The number of alkyl halides is 2. The molecule has 0 aliphatic heterocycles. The van der Waals surface area contributed by atoms with Crippen LogP contribution in [0.5, 0.6) is 0 Å². The Morgan fingerprint density at radius 3 is 2.54 bits per heavy atom. The van der Waals surface area contributed by atoms with E-state index in [0.29, 0.717) is 0 Å². The van der Waals surface area contributed by atoms with Crippen molar-refractivity contribution in [2.45, 2.75) is 24.3 Å². The second-order valence-electron chi connectivity index (χ2n) is 3.44. The third-order valence-corrected chi connectivity index (χ3v) is 2.38. The smallest absolute Gasteiger partial charge is 0.253 e. The molecule has 2 rings (SSSR count). The van der Waals surface area contributed by atoms with Gasteiger partial charge in [0, 0.05) is 19.0 Å². The zero-order valence-electron chi connectivity index (χ0n) is 6.82. The Morgan fingerprint density at radius 2 is 2.15 bits per heavy atom. The topological polar surface area (TPSA) is 50.9 Å². The van der Waals surface area contributed by atoms with Gasteiger partial charge in [-0.15, -0.1) is 5.10 Å². The van der Waals surface area contributed by atoms with Crippen LogP contribution in [0.25, 0.3) is 0 Å². The highest BCUT2D eigenvalue weighted by Gasteiger charge is 2.58. The largest absolute Gasteiger partial charge is 0.394 e. The minimum Gasteiger partial charge on any atom is -0.394 e. The molecule has 4 nitrogen and oxygen atoms in total. The second-order valence-corrected chi connectivity index (χ2v) is 3.44. The quantitative estimate of drug-likeness (QED) is 0.732. The zero-order valence-corrected chi connectivity index (χ0v) is 6.82. The first kappa shape index (κ1) is 8.55. The first-order valence-corrected chi connectivity index (χ1v) is 3.94. The third-order valence-electron chi connectivity index (χ3n) is 2.38. The molecule has 1 fully saturated rings. The molecule has 1 aliphatic carbocycles. The summed E-state index contributed by atoms with van der Waals surface area (Å²) in [5, 5.41) is 16.2. The van der Waals surface area contributed by atoms with Gasteiger partial charge in [-0.2, -0.15) is 0 Å². The summed E-state index contributed by atoms with van der Waals surface area (Å²) in [7, 11) is 0. The van der Waals surface area contributed by atoms with Gasteiger partial charge in [0.05, 0.1) is 18.3 Å². The van der Waals surface area contributed by atoms with Crippen LogP contribution < -0.4 is 0 Å². The lowest BCUT2D eigenvalue weighted by Gasteiger charge is -2.45. The lowest BCUT2D eigenvalue weighted by atomic mass is 9.74. The Hall–Kier alpha value is -1.04. The minimum absolute atomic E-state index is 0.327. The van der Waals surface area contributed by atoms with Crippen LogP contribution in [0.3, 0.4) is 0 Å². The van der Waals surface area contributed by atoms with E-state index >= 15 is 0 Å². The number of nitrogens with zero attached hydrogens (tertiary/aromatic N) is 3. The molecule has 13 heavy (non-hydrogen) atoms. The van der Waals surface area contributed by atoms with E-state index in [-0.39, 0.29) is 19.4 Å². The summed E-state index contributed by atoms with van der Waals surface area (Å²) in [4.78, 5) is 0. The van der Waals surface area contributed by atoms with E-state index < -0.39 is 11.5 Å². The van der Waals surface area contributed by atoms with Crippen LogP contribution in [-0.4, -0.2) is 32.6 Å². The number of aromatic nitrogens is 3. The van der Waals surface area contributed by atoms with Gasteiger partial charge in [0.1, 0.15) is 0 Å². The van der Waals surface area contributed by atoms with Crippen LogP contribution in [0.4, 0.5) is 8.78 Å². The van der Waals surface area contributed by atoms with Crippen molar-refractivity contribution in [1.29, 1.82) is 0 Å². The van der Waals surface area contributed by atoms with Crippen LogP contribution >= 0.6 is 0 Å². The maximum atomic E-state index is 12.6. The highest BCUT2D eigenvalue weighted by molar-refractivity contribution is 5.03. The summed E-state index contributed by atoms with van der Waals surface area (Å²) >= 11 is 0. The molecule has 0 bridgehead atoms. The maximum Gasteiger partial charge on any atom is 0.253 e. The number of hydrogen-bond acceptors (Lipinski definition) is 3. The molecule has 1 aliphatic rings. The molecule has 1 aromatic rings. The number of aliphatic hydroxyl groups is 1. The molecule has 1 heterocycles. The molecule has 6 heteroatoms. The van der Waals surface area contributed by atoms with E-state index in [2.05, 4.69) is 10.3 Å². The fourth-order valence-electron chi connectivity index (χ4n) is 1.72. The number of hydrogen-bond donors (Lipinski definition) is 1. The molecular weight excluding hydrogens is 180 g/mol. The molecule has 0 atom stereocenters. The van der Waals surface area contributed by atoms with Gasteiger partial charge >= 0.3 is 0 Å². The van der Waals surface area contributed by atoms with E-state index in [1.807, 2.05) is 0 Å². The van der Waals surface area contributed by atoms with Gasteiger partial charge in [0.15, 0.2) is 0 Å². The monoisotopic (exact) mass is 189 g/mol. The molecule has 1 N–H and O–H groups in total. The highest BCUT2D eigenvalue weighted by atomic mass is 19.3. The van der Waals surface area contributed by atoms with E-state index in [1.165, 1.54) is 17.1 Å². The highest BCUT2D eigenvalue weighted by Crippen LogP contribution is 2.49. The van der Waals surface area contributed by atoms with Crippen molar-refractivity contribution in [2.24, 2.45) is 0 Å². The number of halogens is 2. The molecule has 1 saturated carbocycles. The summed E-state index contributed by atoms with van der Waals surface area (Å²) in [5.74, 6) is -2.67. The Balaban J connectivity index is 2.21. The maximum absolute atomic E-state index is 12.6. The first-order valence-electron chi connectivity index (χ1n) is 3.94. The van der Waals surface area contributed by atoms with Crippen molar-refractivity contribution in [3.8, 4) is 0 Å². The van der Waals surface area contributed by atoms with Crippen LogP contribution in [0.2, 0.25) is 0 Å². The average molecular weight is 189 g/mol. The van der Waals surface area contributed by atoms with Crippen LogP contribution in [0, 0.1) is 0 Å². The lowest BCUT2D eigenvalue weighted by molar-refractivity contribution is -0.170. The molecule has 0 aromatic carbocycles. The summed E-state index contributed by atoms with van der Waals surface area (Å²) in [6.07, 6.45) is 2.18. The van der Waals surface area contributed by atoms with Crippen LogP contribution in [0.15, 0.2) is 12.4 Å². The summed E-state index contributed by atoms with van der Waals surface area (Å²) in [6.45, 7) is -0.327.